The Balaban J connectivity index is 1.85. The highest BCUT2D eigenvalue weighted by Crippen LogP contribution is 2.29. The summed E-state index contributed by atoms with van der Waals surface area (Å²) in [5.41, 5.74) is 0.277. The molecule has 0 aromatic heterocycles. The molecule has 10 nitrogen and oxygen atoms in total. The quantitative estimate of drug-likeness (QED) is 0.329. The SMILES string of the molecule is C[C@@H]1CCCCO[C@H](CN(C)C(=O)NC2CCCCC2)[C@H](C)CN([C@H](C)CO)C(=O)c2cc(NC(=O)CCC(F)(F)F)ccc2O1. The van der Waals surface area contributed by atoms with Gasteiger partial charge in [0.15, 0.2) is 0 Å². The van der Waals surface area contributed by atoms with Crippen molar-refractivity contribution in [1.82, 2.24) is 15.1 Å². The van der Waals surface area contributed by atoms with Gasteiger partial charge in [0.25, 0.3) is 5.91 Å². The second-order valence-electron chi connectivity index (χ2n) is 12.8. The molecule has 46 heavy (non-hydrogen) atoms. The number of aliphatic hydroxyl groups is 1. The van der Waals surface area contributed by atoms with E-state index >= 15 is 0 Å². The van der Waals surface area contributed by atoms with Crippen molar-refractivity contribution in [2.45, 2.75) is 115 Å². The molecule has 1 aliphatic carbocycles. The highest BCUT2D eigenvalue weighted by molar-refractivity contribution is 5.99. The number of amides is 4. The van der Waals surface area contributed by atoms with E-state index in [1.807, 2.05) is 13.8 Å². The number of benzene rings is 1. The van der Waals surface area contributed by atoms with E-state index in [0.29, 0.717) is 19.6 Å². The lowest BCUT2D eigenvalue weighted by Gasteiger charge is -2.36. The molecular weight excluding hydrogens is 605 g/mol. The molecule has 0 unspecified atom stereocenters. The van der Waals surface area contributed by atoms with Crippen molar-refractivity contribution in [2.75, 3.05) is 38.7 Å². The smallest absolute Gasteiger partial charge is 0.389 e. The first-order valence-corrected chi connectivity index (χ1v) is 16.5. The highest BCUT2D eigenvalue weighted by atomic mass is 19.4. The number of carbonyl (C=O) groups is 3. The van der Waals surface area contributed by atoms with E-state index < -0.39 is 43.0 Å². The van der Waals surface area contributed by atoms with Gasteiger partial charge >= 0.3 is 12.2 Å². The number of ether oxygens (including phenoxy) is 2. The van der Waals surface area contributed by atoms with Crippen LogP contribution in [-0.2, 0) is 9.53 Å². The number of nitrogens with zero attached hydrogens (tertiary/aromatic N) is 2. The highest BCUT2D eigenvalue weighted by Gasteiger charge is 2.32. The van der Waals surface area contributed by atoms with Crippen molar-refractivity contribution in [2.24, 2.45) is 5.92 Å². The summed E-state index contributed by atoms with van der Waals surface area (Å²) >= 11 is 0. The Bertz CT molecular complexity index is 1150. The fraction of sp³-hybridized carbons (Fsp3) is 0.727. The molecule has 0 radical (unpaired) electrons. The van der Waals surface area contributed by atoms with E-state index in [1.54, 1.807) is 18.9 Å². The number of alkyl halides is 3. The van der Waals surface area contributed by atoms with Gasteiger partial charge in [-0.15, -0.1) is 0 Å². The summed E-state index contributed by atoms with van der Waals surface area (Å²) in [5, 5.41) is 15.7. The Labute approximate surface area is 270 Å². The lowest BCUT2D eigenvalue weighted by Crippen LogP contribution is -2.50. The summed E-state index contributed by atoms with van der Waals surface area (Å²) in [6.07, 6.45) is 0.402. The predicted molar refractivity (Wildman–Crippen MR) is 169 cm³/mol. The van der Waals surface area contributed by atoms with Crippen LogP contribution in [-0.4, -0.2) is 96.6 Å². The van der Waals surface area contributed by atoms with Crippen molar-refractivity contribution in [3.05, 3.63) is 23.8 Å². The van der Waals surface area contributed by atoms with E-state index in [4.69, 9.17) is 9.47 Å². The van der Waals surface area contributed by atoms with Crippen LogP contribution in [0.15, 0.2) is 18.2 Å². The molecule has 1 aromatic carbocycles. The van der Waals surface area contributed by atoms with Crippen molar-refractivity contribution in [3.63, 3.8) is 0 Å². The van der Waals surface area contributed by atoms with E-state index in [0.717, 1.165) is 38.5 Å². The second-order valence-corrected chi connectivity index (χ2v) is 12.8. The molecule has 1 heterocycles. The summed E-state index contributed by atoms with van der Waals surface area (Å²) in [5.74, 6) is -1.27. The van der Waals surface area contributed by atoms with Crippen LogP contribution in [0.4, 0.5) is 23.7 Å². The normalized spacial score (nSPS) is 23.0. The molecule has 4 amide bonds. The predicted octanol–water partition coefficient (Wildman–Crippen LogP) is 5.74. The fourth-order valence-corrected chi connectivity index (χ4v) is 5.83. The third kappa shape index (κ3) is 11.9. The van der Waals surface area contributed by atoms with Gasteiger partial charge in [0.05, 0.1) is 36.8 Å². The zero-order valence-electron chi connectivity index (χ0n) is 27.5. The number of hydrogen-bond donors (Lipinski definition) is 3. The van der Waals surface area contributed by atoms with E-state index in [2.05, 4.69) is 10.6 Å². The number of likely N-dealkylation sites (N-methyl/N-ethyl adjacent to an activating group) is 1. The molecule has 4 atom stereocenters. The van der Waals surface area contributed by atoms with Gasteiger partial charge in [-0.1, -0.05) is 26.2 Å². The lowest BCUT2D eigenvalue weighted by atomic mass is 9.96. The van der Waals surface area contributed by atoms with Gasteiger partial charge in [-0.05, 0) is 64.2 Å². The van der Waals surface area contributed by atoms with Gasteiger partial charge in [-0.25, -0.2) is 4.79 Å². The van der Waals surface area contributed by atoms with E-state index in [1.165, 1.54) is 29.5 Å². The van der Waals surface area contributed by atoms with Crippen LogP contribution in [0, 0.1) is 5.92 Å². The molecule has 2 aliphatic rings. The topological polar surface area (TPSA) is 120 Å². The van der Waals surface area contributed by atoms with Gasteiger partial charge in [0.1, 0.15) is 5.75 Å². The Kier molecular flexibility index (Phi) is 14.4. The van der Waals surface area contributed by atoms with Crippen LogP contribution >= 0.6 is 0 Å². The zero-order valence-corrected chi connectivity index (χ0v) is 27.5. The number of nitrogens with one attached hydrogen (secondary N) is 2. The number of anilines is 1. The minimum atomic E-state index is -4.47. The fourth-order valence-electron chi connectivity index (χ4n) is 5.83. The third-order valence-electron chi connectivity index (χ3n) is 8.70. The zero-order chi connectivity index (χ0) is 33.9. The largest absolute Gasteiger partial charge is 0.490 e. The molecule has 0 bridgehead atoms. The first-order valence-electron chi connectivity index (χ1n) is 16.5. The number of halogens is 3. The lowest BCUT2D eigenvalue weighted by molar-refractivity contribution is -0.142. The summed E-state index contributed by atoms with van der Waals surface area (Å²) < 4.78 is 50.5. The molecule has 0 saturated heterocycles. The molecule has 1 fully saturated rings. The van der Waals surface area contributed by atoms with Crippen LogP contribution in [0.5, 0.6) is 5.75 Å². The molecule has 260 valence electrons. The first-order chi connectivity index (χ1) is 21.8. The molecule has 0 spiro atoms. The summed E-state index contributed by atoms with van der Waals surface area (Å²) in [6, 6.07) is 3.82. The van der Waals surface area contributed by atoms with E-state index in [-0.39, 0.29) is 54.2 Å². The first kappa shape index (κ1) is 37.4. The minimum Gasteiger partial charge on any atom is -0.490 e. The van der Waals surface area contributed by atoms with Crippen LogP contribution in [0.1, 0.15) is 95.3 Å². The average molecular weight is 657 g/mol. The van der Waals surface area contributed by atoms with Crippen LogP contribution in [0.2, 0.25) is 0 Å². The second kappa shape index (κ2) is 17.7. The van der Waals surface area contributed by atoms with Crippen molar-refractivity contribution in [1.29, 1.82) is 0 Å². The van der Waals surface area contributed by atoms with Crippen LogP contribution in [0.3, 0.4) is 0 Å². The summed E-state index contributed by atoms with van der Waals surface area (Å²) in [4.78, 5) is 42.6. The molecule has 1 saturated carbocycles. The average Bonchev–Trinajstić information content (AvgIpc) is 3.01. The molecule has 1 aromatic rings. The van der Waals surface area contributed by atoms with Crippen LogP contribution < -0.4 is 15.4 Å². The standard InChI is InChI=1S/C33H51F3N4O6/c1-22-19-40(23(2)21-41)31(43)27-18-26(37-30(42)15-16-33(34,35)36)13-14-28(27)46-24(3)10-8-9-17-45-29(22)20-39(4)32(44)38-25-11-6-5-7-12-25/h13-14,18,22-25,29,41H,5-12,15-17,19-21H2,1-4H3,(H,37,42)(H,38,44)/t22-,23-,24-,29-/m1/s1. The molecular formula is C33H51F3N4O6. The number of urea groups is 1. The Morgan fingerprint density at radius 1 is 1.11 bits per heavy atom. The van der Waals surface area contributed by atoms with Crippen molar-refractivity contribution in [3.8, 4) is 5.75 Å². The number of rotatable bonds is 8. The Hall–Kier alpha value is -3.06. The number of hydrogen-bond acceptors (Lipinski definition) is 6. The third-order valence-corrected chi connectivity index (χ3v) is 8.70. The Morgan fingerprint density at radius 2 is 1.80 bits per heavy atom. The van der Waals surface area contributed by atoms with Gasteiger partial charge in [0.2, 0.25) is 5.91 Å². The molecule has 3 N–H and O–H groups in total. The van der Waals surface area contributed by atoms with Gasteiger partial charge in [0, 0.05) is 50.8 Å². The van der Waals surface area contributed by atoms with Gasteiger partial charge in [-0.3, -0.25) is 9.59 Å². The number of carbonyl (C=O) groups excluding carboxylic acids is 3. The maximum Gasteiger partial charge on any atom is 0.389 e. The van der Waals surface area contributed by atoms with Gasteiger partial charge < -0.3 is 35.0 Å². The Morgan fingerprint density at radius 3 is 2.48 bits per heavy atom. The number of aliphatic hydroxyl groups excluding tert-OH is 1. The summed E-state index contributed by atoms with van der Waals surface area (Å²) in [6.45, 7) is 6.15. The van der Waals surface area contributed by atoms with Crippen LogP contribution in [0.25, 0.3) is 0 Å². The molecule has 1 aliphatic heterocycles. The molecule has 3 rings (SSSR count). The van der Waals surface area contributed by atoms with Gasteiger partial charge in [-0.2, -0.15) is 13.2 Å². The number of fused-ring (bicyclic) bond motifs is 1. The monoisotopic (exact) mass is 656 g/mol. The maximum atomic E-state index is 14.2. The van der Waals surface area contributed by atoms with Crippen molar-refractivity contribution < 1.29 is 42.1 Å². The van der Waals surface area contributed by atoms with Crippen molar-refractivity contribution >= 4 is 23.5 Å². The molecule has 13 heteroatoms. The minimum absolute atomic E-state index is 0.117. The van der Waals surface area contributed by atoms with E-state index in [9.17, 15) is 32.7 Å². The summed E-state index contributed by atoms with van der Waals surface area (Å²) in [7, 11) is 1.73. The maximum absolute atomic E-state index is 14.2.